The van der Waals surface area contributed by atoms with Gasteiger partial charge in [-0.1, -0.05) is 0 Å². The minimum Gasteiger partial charge on any atom is -0.462 e. The van der Waals surface area contributed by atoms with E-state index >= 15 is 0 Å². The SMILES string of the molecule is CCOC(=O)c1cc(Br)cnc1Br. The van der Waals surface area contributed by atoms with Gasteiger partial charge in [0, 0.05) is 10.7 Å². The molecule has 1 aromatic heterocycles. The highest BCUT2D eigenvalue weighted by Crippen LogP contribution is 2.19. The van der Waals surface area contributed by atoms with Crippen LogP contribution in [-0.4, -0.2) is 17.6 Å². The number of nitrogens with zero attached hydrogens (tertiary/aromatic N) is 1. The third kappa shape index (κ3) is 2.77. The van der Waals surface area contributed by atoms with Crippen molar-refractivity contribution in [3.05, 3.63) is 26.9 Å². The number of hydrogen-bond donors (Lipinski definition) is 0. The molecule has 0 N–H and O–H groups in total. The Hall–Kier alpha value is -0.420. The summed E-state index contributed by atoms with van der Waals surface area (Å²) in [6.45, 7) is 2.12. The molecule has 1 rings (SSSR count). The van der Waals surface area contributed by atoms with Crippen LogP contribution in [0.15, 0.2) is 21.3 Å². The lowest BCUT2D eigenvalue weighted by Crippen LogP contribution is -2.06. The first kappa shape index (κ1) is 10.7. The van der Waals surface area contributed by atoms with Gasteiger partial charge >= 0.3 is 5.97 Å². The van der Waals surface area contributed by atoms with E-state index in [0.717, 1.165) is 4.47 Å². The van der Waals surface area contributed by atoms with Gasteiger partial charge in [-0.2, -0.15) is 0 Å². The van der Waals surface area contributed by atoms with E-state index in [4.69, 9.17) is 4.74 Å². The zero-order chi connectivity index (χ0) is 9.84. The Labute approximate surface area is 92.8 Å². The second kappa shape index (κ2) is 4.72. The molecule has 0 fully saturated rings. The van der Waals surface area contributed by atoms with Crippen LogP contribution in [0, 0.1) is 0 Å². The molecule has 5 heteroatoms. The van der Waals surface area contributed by atoms with Crippen LogP contribution in [0.3, 0.4) is 0 Å². The predicted octanol–water partition coefficient (Wildman–Crippen LogP) is 2.78. The van der Waals surface area contributed by atoms with Gasteiger partial charge in [0.15, 0.2) is 0 Å². The molecule has 0 unspecified atom stereocenters. The zero-order valence-electron chi connectivity index (χ0n) is 6.88. The lowest BCUT2D eigenvalue weighted by Gasteiger charge is -2.03. The van der Waals surface area contributed by atoms with Crippen LogP contribution < -0.4 is 0 Å². The molecule has 0 saturated carbocycles. The highest BCUT2D eigenvalue weighted by molar-refractivity contribution is 9.11. The molecular weight excluding hydrogens is 302 g/mol. The minimum atomic E-state index is -0.372. The van der Waals surface area contributed by atoms with Crippen molar-refractivity contribution in [2.45, 2.75) is 6.92 Å². The second-order valence-corrected chi connectivity index (χ2v) is 3.88. The normalized spacial score (nSPS) is 9.77. The highest BCUT2D eigenvalue weighted by Gasteiger charge is 2.11. The maximum Gasteiger partial charge on any atom is 0.340 e. The Morgan fingerprint density at radius 1 is 1.62 bits per heavy atom. The Bertz CT molecular complexity index is 328. The molecule has 3 nitrogen and oxygen atoms in total. The van der Waals surface area contributed by atoms with E-state index in [0.29, 0.717) is 16.8 Å². The van der Waals surface area contributed by atoms with Gasteiger partial charge in [0.25, 0.3) is 0 Å². The van der Waals surface area contributed by atoms with Crippen LogP contribution in [0.1, 0.15) is 17.3 Å². The first-order chi connectivity index (χ1) is 6.15. The molecule has 0 amide bonds. The van der Waals surface area contributed by atoms with Crippen LogP contribution in [0.2, 0.25) is 0 Å². The van der Waals surface area contributed by atoms with E-state index in [1.165, 1.54) is 0 Å². The standard InChI is InChI=1S/C8H7Br2NO2/c1-2-13-8(12)6-3-5(9)4-11-7(6)10/h3-4H,2H2,1H3. The molecule has 70 valence electrons. The molecule has 1 aromatic rings. The van der Waals surface area contributed by atoms with Gasteiger partial charge in [0.2, 0.25) is 0 Å². The topological polar surface area (TPSA) is 39.2 Å². The maximum absolute atomic E-state index is 11.3. The van der Waals surface area contributed by atoms with Crippen LogP contribution in [0.5, 0.6) is 0 Å². The summed E-state index contributed by atoms with van der Waals surface area (Å²) < 4.78 is 6.08. The number of hydrogen-bond acceptors (Lipinski definition) is 3. The number of carbonyl (C=O) groups is 1. The molecule has 0 atom stereocenters. The first-order valence-corrected chi connectivity index (χ1v) is 5.22. The van der Waals surface area contributed by atoms with E-state index in [-0.39, 0.29) is 5.97 Å². The molecule has 0 saturated heterocycles. The fraction of sp³-hybridized carbons (Fsp3) is 0.250. The zero-order valence-corrected chi connectivity index (χ0v) is 10.1. The molecule has 0 aliphatic carbocycles. The Balaban J connectivity index is 2.99. The van der Waals surface area contributed by atoms with Crippen LogP contribution in [-0.2, 0) is 4.74 Å². The third-order valence-corrected chi connectivity index (χ3v) is 2.37. The van der Waals surface area contributed by atoms with E-state index in [2.05, 4.69) is 36.8 Å². The summed E-state index contributed by atoms with van der Waals surface area (Å²) in [6.07, 6.45) is 1.60. The number of halogens is 2. The van der Waals surface area contributed by atoms with E-state index in [9.17, 15) is 4.79 Å². The van der Waals surface area contributed by atoms with Crippen molar-refractivity contribution < 1.29 is 9.53 Å². The Morgan fingerprint density at radius 2 is 2.31 bits per heavy atom. The fourth-order valence-electron chi connectivity index (χ4n) is 0.775. The summed E-state index contributed by atoms with van der Waals surface area (Å²) in [5, 5.41) is 0. The van der Waals surface area contributed by atoms with Crippen LogP contribution >= 0.6 is 31.9 Å². The lowest BCUT2D eigenvalue weighted by atomic mass is 10.3. The average molecular weight is 309 g/mol. The van der Waals surface area contributed by atoms with Gasteiger partial charge in [-0.05, 0) is 44.8 Å². The Morgan fingerprint density at radius 3 is 2.92 bits per heavy atom. The highest BCUT2D eigenvalue weighted by atomic mass is 79.9. The summed E-state index contributed by atoms with van der Waals surface area (Å²) in [5.74, 6) is -0.372. The van der Waals surface area contributed by atoms with E-state index in [1.807, 2.05) is 0 Å². The molecule has 0 aromatic carbocycles. The van der Waals surface area contributed by atoms with Crippen molar-refractivity contribution in [1.82, 2.24) is 4.98 Å². The number of esters is 1. The summed E-state index contributed by atoms with van der Waals surface area (Å²) >= 11 is 6.39. The molecule has 0 aliphatic heterocycles. The number of ether oxygens (including phenoxy) is 1. The van der Waals surface area contributed by atoms with Gasteiger partial charge < -0.3 is 4.74 Å². The molecular formula is C8H7Br2NO2. The summed E-state index contributed by atoms with van der Waals surface area (Å²) in [6, 6.07) is 1.66. The van der Waals surface area contributed by atoms with E-state index in [1.54, 1.807) is 19.2 Å². The molecule has 1 heterocycles. The molecule has 0 aliphatic rings. The van der Waals surface area contributed by atoms with Crippen LogP contribution in [0.25, 0.3) is 0 Å². The molecule has 0 radical (unpaired) electrons. The van der Waals surface area contributed by atoms with Crippen molar-refractivity contribution in [3.63, 3.8) is 0 Å². The second-order valence-electron chi connectivity index (χ2n) is 2.21. The number of rotatable bonds is 2. The predicted molar refractivity (Wildman–Crippen MR) is 55.6 cm³/mol. The van der Waals surface area contributed by atoms with Crippen molar-refractivity contribution in [2.24, 2.45) is 0 Å². The van der Waals surface area contributed by atoms with Gasteiger partial charge in [-0.15, -0.1) is 0 Å². The minimum absolute atomic E-state index is 0.359. The van der Waals surface area contributed by atoms with Crippen molar-refractivity contribution >= 4 is 37.8 Å². The largest absolute Gasteiger partial charge is 0.462 e. The number of aromatic nitrogens is 1. The summed E-state index contributed by atoms with van der Waals surface area (Å²) in [4.78, 5) is 15.3. The van der Waals surface area contributed by atoms with Gasteiger partial charge in [0.05, 0.1) is 12.2 Å². The molecule has 13 heavy (non-hydrogen) atoms. The van der Waals surface area contributed by atoms with Gasteiger partial charge in [-0.3, -0.25) is 0 Å². The third-order valence-electron chi connectivity index (χ3n) is 1.30. The number of pyridine rings is 1. The maximum atomic E-state index is 11.3. The van der Waals surface area contributed by atoms with Gasteiger partial charge in [-0.25, -0.2) is 9.78 Å². The smallest absolute Gasteiger partial charge is 0.340 e. The Kier molecular flexibility index (Phi) is 3.87. The summed E-state index contributed by atoms with van der Waals surface area (Å²) in [7, 11) is 0. The lowest BCUT2D eigenvalue weighted by molar-refractivity contribution is 0.0524. The van der Waals surface area contributed by atoms with Crippen molar-refractivity contribution in [3.8, 4) is 0 Å². The average Bonchev–Trinajstić information content (AvgIpc) is 2.09. The van der Waals surface area contributed by atoms with Crippen molar-refractivity contribution in [1.29, 1.82) is 0 Å². The first-order valence-electron chi connectivity index (χ1n) is 3.63. The summed E-state index contributed by atoms with van der Waals surface area (Å²) in [5.41, 5.74) is 0.427. The fourth-order valence-corrected chi connectivity index (χ4v) is 1.48. The quantitative estimate of drug-likeness (QED) is 0.623. The van der Waals surface area contributed by atoms with Gasteiger partial charge in [0.1, 0.15) is 4.60 Å². The molecule has 0 spiro atoms. The van der Waals surface area contributed by atoms with E-state index < -0.39 is 0 Å². The number of carbonyl (C=O) groups excluding carboxylic acids is 1. The van der Waals surface area contributed by atoms with Crippen molar-refractivity contribution in [2.75, 3.05) is 6.61 Å². The van der Waals surface area contributed by atoms with Crippen LogP contribution in [0.4, 0.5) is 0 Å². The molecule has 0 bridgehead atoms. The monoisotopic (exact) mass is 307 g/mol.